The summed E-state index contributed by atoms with van der Waals surface area (Å²) in [4.78, 5) is 13.8. The van der Waals surface area contributed by atoms with Crippen LogP contribution in [0.1, 0.15) is 12.5 Å². The van der Waals surface area contributed by atoms with E-state index in [1.54, 1.807) is 6.92 Å². The third kappa shape index (κ3) is 3.66. The number of hydrogen-bond acceptors (Lipinski definition) is 7. The molecule has 0 amide bonds. The van der Waals surface area contributed by atoms with Crippen LogP contribution in [-0.2, 0) is 27.7 Å². The summed E-state index contributed by atoms with van der Waals surface area (Å²) in [6, 6.07) is 16.7. The van der Waals surface area contributed by atoms with Gasteiger partial charge in [-0.3, -0.25) is 4.57 Å². The quantitative estimate of drug-likeness (QED) is 0.418. The molecule has 2 heterocycles. The lowest BCUT2D eigenvalue weighted by molar-refractivity contribution is -0.389. The standard InChI is InChI=1S/C20H19N3O6S/c1-20(13-22-11-18(23(24)25)21-19(22)30(20,26)27)14-28-12-15-7-9-17(10-8-15)29-16-5-3-2-4-6-16/h2-11H,12-14H2,1H3. The van der Waals surface area contributed by atoms with Crippen LogP contribution in [0.2, 0.25) is 0 Å². The summed E-state index contributed by atoms with van der Waals surface area (Å²) in [6.45, 7) is 1.77. The molecule has 10 heteroatoms. The number of hydrogen-bond donors (Lipinski definition) is 0. The zero-order valence-electron chi connectivity index (χ0n) is 16.1. The van der Waals surface area contributed by atoms with Crippen LogP contribution in [0.4, 0.5) is 5.82 Å². The molecule has 0 fully saturated rings. The Balaban J connectivity index is 1.37. The first-order valence-corrected chi connectivity index (χ1v) is 10.6. The van der Waals surface area contributed by atoms with Gasteiger partial charge in [0.15, 0.2) is 0 Å². The number of para-hydroxylation sites is 1. The van der Waals surface area contributed by atoms with Gasteiger partial charge in [-0.25, -0.2) is 8.42 Å². The van der Waals surface area contributed by atoms with Crippen molar-refractivity contribution >= 4 is 15.7 Å². The third-order valence-electron chi connectivity index (χ3n) is 4.89. The van der Waals surface area contributed by atoms with Crippen LogP contribution in [0.25, 0.3) is 0 Å². The van der Waals surface area contributed by atoms with E-state index < -0.39 is 25.3 Å². The lowest BCUT2D eigenvalue weighted by atomic mass is 10.2. The van der Waals surface area contributed by atoms with E-state index >= 15 is 0 Å². The molecule has 30 heavy (non-hydrogen) atoms. The molecule has 0 saturated heterocycles. The van der Waals surface area contributed by atoms with Gasteiger partial charge in [0.2, 0.25) is 9.84 Å². The van der Waals surface area contributed by atoms with E-state index in [9.17, 15) is 18.5 Å². The number of ether oxygens (including phenoxy) is 2. The maximum atomic E-state index is 12.8. The molecule has 1 aliphatic rings. The topological polar surface area (TPSA) is 114 Å². The van der Waals surface area contributed by atoms with Crippen LogP contribution in [0.3, 0.4) is 0 Å². The molecule has 0 bridgehead atoms. The molecule has 4 rings (SSSR count). The largest absolute Gasteiger partial charge is 0.457 e. The van der Waals surface area contributed by atoms with E-state index in [0.29, 0.717) is 5.75 Å². The van der Waals surface area contributed by atoms with Gasteiger partial charge < -0.3 is 19.6 Å². The van der Waals surface area contributed by atoms with Crippen LogP contribution < -0.4 is 4.74 Å². The number of aromatic nitrogens is 2. The fraction of sp³-hybridized carbons (Fsp3) is 0.250. The monoisotopic (exact) mass is 429 g/mol. The molecule has 1 unspecified atom stereocenters. The summed E-state index contributed by atoms with van der Waals surface area (Å²) >= 11 is 0. The van der Waals surface area contributed by atoms with Crippen LogP contribution >= 0.6 is 0 Å². The Hall–Kier alpha value is -3.24. The average Bonchev–Trinajstić information content (AvgIpc) is 3.21. The van der Waals surface area contributed by atoms with Crippen molar-refractivity contribution in [1.29, 1.82) is 0 Å². The second-order valence-corrected chi connectivity index (χ2v) is 9.63. The average molecular weight is 429 g/mol. The third-order valence-corrected chi connectivity index (χ3v) is 7.24. The molecular formula is C20H19N3O6S. The van der Waals surface area contributed by atoms with E-state index in [-0.39, 0.29) is 24.9 Å². The summed E-state index contributed by atoms with van der Waals surface area (Å²) in [7, 11) is -3.85. The molecule has 2 aromatic carbocycles. The van der Waals surface area contributed by atoms with Crippen molar-refractivity contribution in [2.24, 2.45) is 0 Å². The molecular weight excluding hydrogens is 410 g/mol. The number of nitro groups is 1. The summed E-state index contributed by atoms with van der Waals surface area (Å²) in [6.07, 6.45) is 1.14. The SMILES string of the molecule is CC1(COCc2ccc(Oc3ccccc3)cc2)Cn2cc([N+](=O)[O-])nc2S1(=O)=O. The van der Waals surface area contributed by atoms with Gasteiger partial charge >= 0.3 is 11.0 Å². The van der Waals surface area contributed by atoms with Crippen LogP contribution in [-0.4, -0.2) is 34.2 Å². The molecule has 1 aromatic heterocycles. The van der Waals surface area contributed by atoms with Gasteiger partial charge in [-0.15, -0.1) is 0 Å². The highest BCUT2D eigenvalue weighted by Crippen LogP contribution is 2.36. The first-order chi connectivity index (χ1) is 14.3. The maximum absolute atomic E-state index is 12.8. The number of rotatable bonds is 7. The minimum Gasteiger partial charge on any atom is -0.457 e. The highest BCUT2D eigenvalue weighted by molar-refractivity contribution is 7.92. The Labute approximate surface area is 173 Å². The van der Waals surface area contributed by atoms with E-state index in [2.05, 4.69) is 4.98 Å². The number of sulfone groups is 1. The fourth-order valence-corrected chi connectivity index (χ4v) is 4.88. The Kier molecular flexibility index (Phi) is 5.04. The summed E-state index contributed by atoms with van der Waals surface area (Å²) in [5, 5.41) is 10.5. The number of nitrogens with zero attached hydrogens (tertiary/aromatic N) is 3. The summed E-state index contributed by atoms with van der Waals surface area (Å²) in [5.74, 6) is 0.940. The Morgan fingerprint density at radius 3 is 2.43 bits per heavy atom. The second-order valence-electron chi connectivity index (χ2n) is 7.27. The van der Waals surface area contributed by atoms with Gasteiger partial charge in [-0.1, -0.05) is 30.3 Å². The second kappa shape index (κ2) is 7.54. The Morgan fingerprint density at radius 2 is 1.80 bits per heavy atom. The highest BCUT2D eigenvalue weighted by atomic mass is 32.2. The molecule has 0 N–H and O–H groups in total. The van der Waals surface area contributed by atoms with Crippen molar-refractivity contribution in [2.45, 2.75) is 30.0 Å². The number of fused-ring (bicyclic) bond motifs is 1. The summed E-state index contributed by atoms with van der Waals surface area (Å²) < 4.78 is 37.1. The van der Waals surface area contributed by atoms with Gasteiger partial charge in [0.1, 0.15) is 22.4 Å². The molecule has 3 aromatic rings. The fourth-order valence-electron chi connectivity index (χ4n) is 3.25. The lowest BCUT2D eigenvalue weighted by Crippen LogP contribution is -2.38. The first kappa shape index (κ1) is 20.0. The van der Waals surface area contributed by atoms with Gasteiger partial charge in [0.05, 0.1) is 13.2 Å². The Bertz CT molecular complexity index is 1180. The highest BCUT2D eigenvalue weighted by Gasteiger charge is 2.53. The smallest absolute Gasteiger partial charge is 0.383 e. The van der Waals surface area contributed by atoms with Crippen LogP contribution in [0.15, 0.2) is 66.0 Å². The van der Waals surface area contributed by atoms with Crippen LogP contribution in [0.5, 0.6) is 11.5 Å². The minimum absolute atomic E-state index is 0.0510. The predicted octanol–water partition coefficient (Wildman–Crippen LogP) is 3.35. The molecule has 9 nitrogen and oxygen atoms in total. The predicted molar refractivity (Wildman–Crippen MR) is 107 cm³/mol. The number of imidazole rings is 1. The van der Waals surface area contributed by atoms with Gasteiger partial charge in [0.25, 0.3) is 0 Å². The zero-order valence-corrected chi connectivity index (χ0v) is 16.9. The maximum Gasteiger partial charge on any atom is 0.383 e. The van der Waals surface area contributed by atoms with Crippen molar-refractivity contribution in [2.75, 3.05) is 6.61 Å². The van der Waals surface area contributed by atoms with Gasteiger partial charge in [0, 0.05) is 6.54 Å². The molecule has 0 saturated carbocycles. The normalized spacial score (nSPS) is 19.4. The van der Waals surface area contributed by atoms with E-state index in [1.165, 1.54) is 4.57 Å². The molecule has 1 atom stereocenters. The van der Waals surface area contributed by atoms with Gasteiger partial charge in [-0.2, -0.15) is 0 Å². The molecule has 0 radical (unpaired) electrons. The van der Waals surface area contributed by atoms with Crippen molar-refractivity contribution in [1.82, 2.24) is 9.55 Å². The lowest BCUT2D eigenvalue weighted by Gasteiger charge is -2.21. The molecule has 0 aliphatic carbocycles. The van der Waals surface area contributed by atoms with Crippen molar-refractivity contribution in [3.05, 3.63) is 76.5 Å². The zero-order chi connectivity index (χ0) is 21.4. The van der Waals surface area contributed by atoms with Gasteiger partial charge in [-0.05, 0) is 46.7 Å². The van der Waals surface area contributed by atoms with Crippen LogP contribution in [0, 0.1) is 10.1 Å². The summed E-state index contributed by atoms with van der Waals surface area (Å²) in [5.41, 5.74) is 0.864. The van der Waals surface area contributed by atoms with E-state index in [0.717, 1.165) is 17.5 Å². The number of benzene rings is 2. The van der Waals surface area contributed by atoms with E-state index in [4.69, 9.17) is 9.47 Å². The minimum atomic E-state index is -3.85. The molecule has 0 spiro atoms. The Morgan fingerprint density at radius 1 is 1.13 bits per heavy atom. The molecule has 1 aliphatic heterocycles. The van der Waals surface area contributed by atoms with Crippen molar-refractivity contribution < 1.29 is 22.8 Å². The van der Waals surface area contributed by atoms with Crippen molar-refractivity contribution in [3.8, 4) is 11.5 Å². The first-order valence-electron chi connectivity index (χ1n) is 9.14. The molecule has 156 valence electrons. The van der Waals surface area contributed by atoms with Crippen molar-refractivity contribution in [3.63, 3.8) is 0 Å². The van der Waals surface area contributed by atoms with E-state index in [1.807, 2.05) is 54.6 Å².